The summed E-state index contributed by atoms with van der Waals surface area (Å²) in [7, 11) is 0. The molecule has 0 saturated carbocycles. The third-order valence-corrected chi connectivity index (χ3v) is 4.05. The Bertz CT molecular complexity index is 886. The first kappa shape index (κ1) is 18.6. The van der Waals surface area contributed by atoms with Gasteiger partial charge in [0.2, 0.25) is 11.7 Å². The molecule has 140 valence electrons. The predicted octanol–water partition coefficient (Wildman–Crippen LogP) is 3.83. The molecule has 6 nitrogen and oxygen atoms in total. The fourth-order valence-corrected chi connectivity index (χ4v) is 2.80. The van der Waals surface area contributed by atoms with Gasteiger partial charge in [0.05, 0.1) is 6.54 Å². The Hall–Kier alpha value is -3.15. The third-order valence-electron chi connectivity index (χ3n) is 4.05. The number of benzene rings is 2. The van der Waals surface area contributed by atoms with Crippen molar-refractivity contribution in [3.63, 3.8) is 0 Å². The highest BCUT2D eigenvalue weighted by atomic mass is 16.5. The second-order valence-corrected chi connectivity index (χ2v) is 6.43. The minimum absolute atomic E-state index is 0.158. The van der Waals surface area contributed by atoms with Gasteiger partial charge in [0.15, 0.2) is 6.10 Å². The van der Waals surface area contributed by atoms with Crippen LogP contribution in [0.3, 0.4) is 0 Å². The molecule has 6 heteroatoms. The lowest BCUT2D eigenvalue weighted by molar-refractivity contribution is -0.128. The molecular formula is C21H23N3O3. The number of ether oxygens (including phenoxy) is 1. The van der Waals surface area contributed by atoms with Gasteiger partial charge in [-0.15, -0.1) is 0 Å². The average Bonchev–Trinajstić information content (AvgIpc) is 3.13. The molecule has 0 radical (unpaired) electrons. The van der Waals surface area contributed by atoms with E-state index in [1.165, 1.54) is 0 Å². The van der Waals surface area contributed by atoms with E-state index in [1.54, 1.807) is 0 Å². The minimum Gasteiger partial charge on any atom is -0.481 e. The molecule has 27 heavy (non-hydrogen) atoms. The lowest BCUT2D eigenvalue weighted by atomic mass is 10.1. The molecule has 0 aliphatic rings. The van der Waals surface area contributed by atoms with Gasteiger partial charge in [-0.05, 0) is 43.5 Å². The Morgan fingerprint density at radius 2 is 1.85 bits per heavy atom. The first-order valence-corrected chi connectivity index (χ1v) is 8.96. The van der Waals surface area contributed by atoms with Gasteiger partial charge in [-0.3, -0.25) is 4.79 Å². The quantitative estimate of drug-likeness (QED) is 0.688. The van der Waals surface area contributed by atoms with E-state index in [-0.39, 0.29) is 12.5 Å². The van der Waals surface area contributed by atoms with Crippen molar-refractivity contribution < 1.29 is 14.1 Å². The lowest BCUT2D eigenvalue weighted by Gasteiger charge is -2.17. The Morgan fingerprint density at radius 3 is 2.52 bits per heavy atom. The van der Waals surface area contributed by atoms with Gasteiger partial charge in [-0.2, -0.15) is 4.98 Å². The minimum atomic E-state index is -0.581. The number of amides is 1. The molecule has 0 aliphatic carbocycles. The van der Waals surface area contributed by atoms with Crippen LogP contribution in [0, 0.1) is 13.8 Å². The fourth-order valence-electron chi connectivity index (χ4n) is 2.80. The van der Waals surface area contributed by atoms with Gasteiger partial charge in [-0.1, -0.05) is 48.5 Å². The molecule has 0 bridgehead atoms. The van der Waals surface area contributed by atoms with Crippen molar-refractivity contribution in [3.8, 4) is 17.1 Å². The zero-order valence-corrected chi connectivity index (χ0v) is 15.7. The number of hydrogen-bond acceptors (Lipinski definition) is 5. The maximum Gasteiger partial charge on any atom is 0.261 e. The summed E-state index contributed by atoms with van der Waals surface area (Å²) >= 11 is 0. The Balaban J connectivity index is 1.60. The molecule has 1 amide bonds. The topological polar surface area (TPSA) is 77.2 Å². The normalized spacial score (nSPS) is 11.8. The van der Waals surface area contributed by atoms with Crippen molar-refractivity contribution in [2.75, 3.05) is 0 Å². The standard InChI is InChI=1S/C21H23N3O3/c1-4-18(26-17-11-14(2)10-15(3)12-17)21(25)22-13-19-23-20(24-27-19)16-8-6-5-7-9-16/h5-12,18H,4,13H2,1-3H3,(H,22,25). The fraction of sp³-hybridized carbons (Fsp3) is 0.286. The SMILES string of the molecule is CCC(Oc1cc(C)cc(C)c1)C(=O)NCc1nc(-c2ccccc2)no1. The second-order valence-electron chi connectivity index (χ2n) is 6.43. The summed E-state index contributed by atoms with van der Waals surface area (Å²) in [6.07, 6.45) is -0.0273. The van der Waals surface area contributed by atoms with Gasteiger partial charge >= 0.3 is 0 Å². The molecule has 1 atom stereocenters. The van der Waals surface area contributed by atoms with Crippen LogP contribution in [0.2, 0.25) is 0 Å². The molecular weight excluding hydrogens is 342 g/mol. The van der Waals surface area contributed by atoms with Crippen LogP contribution >= 0.6 is 0 Å². The van der Waals surface area contributed by atoms with Gasteiger partial charge < -0.3 is 14.6 Å². The highest BCUT2D eigenvalue weighted by molar-refractivity contribution is 5.81. The number of aryl methyl sites for hydroxylation is 2. The van der Waals surface area contributed by atoms with Crippen molar-refractivity contribution in [3.05, 3.63) is 65.5 Å². The first-order valence-electron chi connectivity index (χ1n) is 8.96. The van der Waals surface area contributed by atoms with E-state index >= 15 is 0 Å². The Morgan fingerprint density at radius 1 is 1.15 bits per heavy atom. The monoisotopic (exact) mass is 365 g/mol. The van der Waals surface area contributed by atoms with Crippen LogP contribution in [0.4, 0.5) is 0 Å². The number of hydrogen-bond donors (Lipinski definition) is 1. The van der Waals surface area contributed by atoms with E-state index in [9.17, 15) is 4.79 Å². The van der Waals surface area contributed by atoms with Gasteiger partial charge in [-0.25, -0.2) is 0 Å². The number of aromatic nitrogens is 2. The number of nitrogens with zero attached hydrogens (tertiary/aromatic N) is 2. The van der Waals surface area contributed by atoms with E-state index in [0.717, 1.165) is 16.7 Å². The van der Waals surface area contributed by atoms with Crippen molar-refractivity contribution in [2.45, 2.75) is 39.8 Å². The predicted molar refractivity (Wildman–Crippen MR) is 102 cm³/mol. The maximum atomic E-state index is 12.5. The number of nitrogens with one attached hydrogen (secondary N) is 1. The van der Waals surface area contributed by atoms with Crippen LogP contribution < -0.4 is 10.1 Å². The summed E-state index contributed by atoms with van der Waals surface area (Å²) < 4.78 is 11.1. The van der Waals surface area contributed by atoms with Crippen LogP contribution in [0.25, 0.3) is 11.4 Å². The van der Waals surface area contributed by atoms with Crippen molar-refractivity contribution in [1.82, 2.24) is 15.5 Å². The first-order chi connectivity index (χ1) is 13.0. The zero-order valence-electron chi connectivity index (χ0n) is 15.7. The molecule has 2 aromatic carbocycles. The molecule has 0 saturated heterocycles. The average molecular weight is 365 g/mol. The number of rotatable bonds is 7. The van der Waals surface area contributed by atoms with Crippen LogP contribution in [0.1, 0.15) is 30.4 Å². The highest BCUT2D eigenvalue weighted by Crippen LogP contribution is 2.19. The summed E-state index contributed by atoms with van der Waals surface area (Å²) in [6, 6.07) is 15.4. The van der Waals surface area contributed by atoms with Crippen molar-refractivity contribution in [1.29, 1.82) is 0 Å². The highest BCUT2D eigenvalue weighted by Gasteiger charge is 2.19. The molecule has 3 aromatic rings. The molecule has 1 unspecified atom stereocenters. The van der Waals surface area contributed by atoms with Crippen LogP contribution in [0.15, 0.2) is 53.1 Å². The van der Waals surface area contributed by atoms with Crippen molar-refractivity contribution in [2.24, 2.45) is 0 Å². The molecule has 0 fully saturated rings. The molecule has 1 heterocycles. The summed E-state index contributed by atoms with van der Waals surface area (Å²) in [5, 5.41) is 6.75. The number of carbonyl (C=O) groups is 1. The molecule has 0 spiro atoms. The number of carbonyl (C=O) groups excluding carboxylic acids is 1. The van der Waals surface area contributed by atoms with E-state index in [0.29, 0.717) is 23.9 Å². The summed E-state index contributed by atoms with van der Waals surface area (Å²) in [4.78, 5) is 16.8. The van der Waals surface area contributed by atoms with E-state index in [4.69, 9.17) is 9.26 Å². The summed E-state index contributed by atoms with van der Waals surface area (Å²) in [5.74, 6) is 1.33. The molecule has 0 aliphatic heterocycles. The zero-order chi connectivity index (χ0) is 19.2. The molecule has 1 N–H and O–H groups in total. The van der Waals surface area contributed by atoms with Gasteiger partial charge in [0, 0.05) is 5.56 Å². The molecule has 1 aromatic heterocycles. The maximum absolute atomic E-state index is 12.5. The Labute approximate surface area is 158 Å². The van der Waals surface area contributed by atoms with E-state index in [1.807, 2.05) is 63.2 Å². The van der Waals surface area contributed by atoms with Crippen LogP contribution in [-0.2, 0) is 11.3 Å². The summed E-state index contributed by atoms with van der Waals surface area (Å²) in [5.41, 5.74) is 3.06. The lowest BCUT2D eigenvalue weighted by Crippen LogP contribution is -2.37. The second kappa shape index (κ2) is 8.49. The smallest absolute Gasteiger partial charge is 0.261 e. The van der Waals surface area contributed by atoms with Gasteiger partial charge in [0.1, 0.15) is 5.75 Å². The van der Waals surface area contributed by atoms with Gasteiger partial charge in [0.25, 0.3) is 5.91 Å². The van der Waals surface area contributed by atoms with Crippen molar-refractivity contribution >= 4 is 5.91 Å². The molecule has 3 rings (SSSR count). The van der Waals surface area contributed by atoms with E-state index in [2.05, 4.69) is 21.5 Å². The van der Waals surface area contributed by atoms with Crippen LogP contribution in [0.5, 0.6) is 5.75 Å². The largest absolute Gasteiger partial charge is 0.481 e. The van der Waals surface area contributed by atoms with E-state index < -0.39 is 6.10 Å². The Kier molecular flexibility index (Phi) is 5.86. The summed E-state index contributed by atoms with van der Waals surface area (Å²) in [6.45, 7) is 6.07. The third kappa shape index (κ3) is 4.94. The van der Waals surface area contributed by atoms with Crippen LogP contribution in [-0.4, -0.2) is 22.2 Å².